The van der Waals surface area contributed by atoms with Gasteiger partial charge in [-0.15, -0.1) is 0 Å². The number of aromatic nitrogens is 2. The summed E-state index contributed by atoms with van der Waals surface area (Å²) in [6.07, 6.45) is 2.79. The molecule has 150 valence electrons. The average Bonchev–Trinajstić information content (AvgIpc) is 3.22. The summed E-state index contributed by atoms with van der Waals surface area (Å²) in [7, 11) is 0. The maximum atomic E-state index is 12.1. The molecule has 0 radical (unpaired) electrons. The highest BCUT2D eigenvalue weighted by Gasteiger charge is 2.23. The van der Waals surface area contributed by atoms with Gasteiger partial charge in [0.2, 0.25) is 5.91 Å². The number of ether oxygens (including phenoxy) is 1. The molecule has 0 saturated heterocycles. The fourth-order valence-electron chi connectivity index (χ4n) is 3.30. The van der Waals surface area contributed by atoms with Crippen molar-refractivity contribution in [2.45, 2.75) is 58.6 Å². The summed E-state index contributed by atoms with van der Waals surface area (Å²) in [6.45, 7) is 6.02. The van der Waals surface area contributed by atoms with Crippen molar-refractivity contribution in [2.24, 2.45) is 0 Å². The standard InChI is InChI=1S/C21H28N4O3/c1-21(2,3)28-20(27)22-13-12-19(26)23-14-17-16-10-7-11-18(16)25(24-17)15-8-5-4-6-9-15/h4-6,8-9H,7,10-14H2,1-3H3,(H,22,27)(H,23,26). The van der Waals surface area contributed by atoms with Crippen LogP contribution >= 0.6 is 0 Å². The van der Waals surface area contributed by atoms with Crippen LogP contribution in [-0.4, -0.2) is 33.9 Å². The second kappa shape index (κ2) is 8.46. The molecule has 0 spiro atoms. The van der Waals surface area contributed by atoms with Crippen LogP contribution in [0.25, 0.3) is 5.69 Å². The first kappa shape index (κ1) is 19.9. The molecule has 1 aliphatic rings. The fourth-order valence-corrected chi connectivity index (χ4v) is 3.30. The Morgan fingerprint density at radius 3 is 2.61 bits per heavy atom. The maximum Gasteiger partial charge on any atom is 0.407 e. The van der Waals surface area contributed by atoms with Gasteiger partial charge in [0.05, 0.1) is 17.9 Å². The number of hydrogen-bond donors (Lipinski definition) is 2. The summed E-state index contributed by atoms with van der Waals surface area (Å²) in [4.78, 5) is 23.7. The van der Waals surface area contributed by atoms with E-state index >= 15 is 0 Å². The molecule has 7 nitrogen and oxygen atoms in total. The quantitative estimate of drug-likeness (QED) is 0.802. The van der Waals surface area contributed by atoms with E-state index in [1.807, 2.05) is 35.0 Å². The third-order valence-corrected chi connectivity index (χ3v) is 4.49. The largest absolute Gasteiger partial charge is 0.444 e. The van der Waals surface area contributed by atoms with E-state index in [-0.39, 0.29) is 18.9 Å². The second-order valence-corrected chi connectivity index (χ2v) is 7.93. The van der Waals surface area contributed by atoms with Gasteiger partial charge >= 0.3 is 6.09 Å². The lowest BCUT2D eigenvalue weighted by Crippen LogP contribution is -2.35. The number of rotatable bonds is 6. The number of alkyl carbamates (subject to hydrolysis) is 1. The van der Waals surface area contributed by atoms with Crippen LogP contribution < -0.4 is 10.6 Å². The molecule has 2 aromatic rings. The number of nitrogens with one attached hydrogen (secondary N) is 2. The Labute approximate surface area is 165 Å². The highest BCUT2D eigenvalue weighted by molar-refractivity contribution is 5.77. The van der Waals surface area contributed by atoms with Gasteiger partial charge in [0, 0.05) is 18.7 Å². The summed E-state index contributed by atoms with van der Waals surface area (Å²) in [5.41, 5.74) is 3.90. The van der Waals surface area contributed by atoms with E-state index in [0.717, 1.165) is 30.6 Å². The Balaban J connectivity index is 1.53. The van der Waals surface area contributed by atoms with Crippen molar-refractivity contribution in [2.75, 3.05) is 6.54 Å². The van der Waals surface area contributed by atoms with Crippen molar-refractivity contribution in [1.29, 1.82) is 0 Å². The lowest BCUT2D eigenvalue weighted by molar-refractivity contribution is -0.121. The number of amides is 2. The van der Waals surface area contributed by atoms with Gasteiger partial charge in [-0.3, -0.25) is 4.79 Å². The molecule has 0 bridgehead atoms. The van der Waals surface area contributed by atoms with Crippen LogP contribution in [0.2, 0.25) is 0 Å². The van der Waals surface area contributed by atoms with Gasteiger partial charge in [-0.2, -0.15) is 5.10 Å². The first-order valence-corrected chi connectivity index (χ1v) is 9.72. The molecule has 7 heteroatoms. The summed E-state index contributed by atoms with van der Waals surface area (Å²) in [5.74, 6) is -0.128. The summed E-state index contributed by atoms with van der Waals surface area (Å²) in [5, 5.41) is 10.2. The minimum atomic E-state index is -0.551. The highest BCUT2D eigenvalue weighted by Crippen LogP contribution is 2.27. The normalized spacial score (nSPS) is 13.1. The van der Waals surface area contributed by atoms with E-state index in [1.54, 1.807) is 20.8 Å². The van der Waals surface area contributed by atoms with E-state index in [4.69, 9.17) is 9.84 Å². The lowest BCUT2D eigenvalue weighted by atomic mass is 10.2. The molecule has 0 aliphatic heterocycles. The van der Waals surface area contributed by atoms with Crippen molar-refractivity contribution >= 4 is 12.0 Å². The van der Waals surface area contributed by atoms with Crippen molar-refractivity contribution in [3.8, 4) is 5.69 Å². The van der Waals surface area contributed by atoms with Crippen LogP contribution in [0.3, 0.4) is 0 Å². The minimum Gasteiger partial charge on any atom is -0.444 e. The van der Waals surface area contributed by atoms with E-state index in [9.17, 15) is 9.59 Å². The molecule has 0 saturated carbocycles. The highest BCUT2D eigenvalue weighted by atomic mass is 16.6. The molecule has 0 unspecified atom stereocenters. The average molecular weight is 384 g/mol. The predicted molar refractivity (Wildman–Crippen MR) is 106 cm³/mol. The van der Waals surface area contributed by atoms with Crippen LogP contribution in [0.5, 0.6) is 0 Å². The van der Waals surface area contributed by atoms with Crippen LogP contribution in [0.15, 0.2) is 30.3 Å². The molecule has 2 amide bonds. The van der Waals surface area contributed by atoms with E-state index in [2.05, 4.69) is 10.6 Å². The maximum absolute atomic E-state index is 12.1. The van der Waals surface area contributed by atoms with Gasteiger partial charge in [-0.1, -0.05) is 18.2 Å². The Hall–Kier alpha value is -2.83. The molecule has 28 heavy (non-hydrogen) atoms. The van der Waals surface area contributed by atoms with Crippen molar-refractivity contribution in [3.63, 3.8) is 0 Å². The zero-order valence-corrected chi connectivity index (χ0v) is 16.7. The zero-order valence-electron chi connectivity index (χ0n) is 16.7. The number of para-hydroxylation sites is 1. The fraction of sp³-hybridized carbons (Fsp3) is 0.476. The number of carbonyl (C=O) groups excluding carboxylic acids is 2. The molecular weight excluding hydrogens is 356 g/mol. The summed E-state index contributed by atoms with van der Waals surface area (Å²) in [6, 6.07) is 10.1. The SMILES string of the molecule is CC(C)(C)OC(=O)NCCC(=O)NCc1nn(-c2ccccc2)c2c1CCC2. The molecule has 3 rings (SSSR count). The molecule has 0 atom stereocenters. The van der Waals surface area contributed by atoms with Crippen LogP contribution in [-0.2, 0) is 28.9 Å². The van der Waals surface area contributed by atoms with E-state index in [0.29, 0.717) is 6.54 Å². The number of hydrogen-bond acceptors (Lipinski definition) is 4. The number of benzene rings is 1. The third-order valence-electron chi connectivity index (χ3n) is 4.49. The first-order chi connectivity index (χ1) is 13.3. The Morgan fingerprint density at radius 2 is 1.89 bits per heavy atom. The number of carbonyl (C=O) groups is 2. The second-order valence-electron chi connectivity index (χ2n) is 7.93. The summed E-state index contributed by atoms with van der Waals surface area (Å²) < 4.78 is 7.14. The topological polar surface area (TPSA) is 85.2 Å². The Bertz CT molecular complexity index is 837. The van der Waals surface area contributed by atoms with E-state index in [1.165, 1.54) is 11.3 Å². The molecule has 1 heterocycles. The van der Waals surface area contributed by atoms with Gasteiger partial charge < -0.3 is 15.4 Å². The lowest BCUT2D eigenvalue weighted by Gasteiger charge is -2.19. The Kier molecular flexibility index (Phi) is 6.02. The first-order valence-electron chi connectivity index (χ1n) is 9.72. The minimum absolute atomic E-state index is 0.128. The summed E-state index contributed by atoms with van der Waals surface area (Å²) >= 11 is 0. The molecule has 1 aliphatic carbocycles. The van der Waals surface area contributed by atoms with Crippen LogP contribution in [0, 0.1) is 0 Å². The van der Waals surface area contributed by atoms with Crippen LogP contribution in [0.4, 0.5) is 4.79 Å². The number of nitrogens with zero attached hydrogens (tertiary/aromatic N) is 2. The van der Waals surface area contributed by atoms with Gasteiger partial charge in [0.1, 0.15) is 5.60 Å². The van der Waals surface area contributed by atoms with Crippen molar-refractivity contribution < 1.29 is 14.3 Å². The molecular formula is C21H28N4O3. The molecule has 1 aromatic carbocycles. The third kappa shape index (κ3) is 5.12. The zero-order chi connectivity index (χ0) is 20.1. The predicted octanol–water partition coefficient (Wildman–Crippen LogP) is 2.89. The van der Waals surface area contributed by atoms with Gasteiger partial charge in [0.15, 0.2) is 0 Å². The van der Waals surface area contributed by atoms with Crippen molar-refractivity contribution in [1.82, 2.24) is 20.4 Å². The van der Waals surface area contributed by atoms with Crippen molar-refractivity contribution in [3.05, 3.63) is 47.3 Å². The molecule has 1 aromatic heterocycles. The van der Waals surface area contributed by atoms with Gasteiger partial charge in [0.25, 0.3) is 0 Å². The van der Waals surface area contributed by atoms with Gasteiger partial charge in [-0.25, -0.2) is 9.48 Å². The van der Waals surface area contributed by atoms with Gasteiger partial charge in [-0.05, 0) is 57.7 Å². The monoisotopic (exact) mass is 384 g/mol. The van der Waals surface area contributed by atoms with E-state index < -0.39 is 11.7 Å². The molecule has 0 fully saturated rings. The van der Waals surface area contributed by atoms with Crippen LogP contribution in [0.1, 0.15) is 50.6 Å². The number of fused-ring (bicyclic) bond motifs is 1. The Morgan fingerprint density at radius 1 is 1.14 bits per heavy atom. The molecule has 2 N–H and O–H groups in total. The smallest absolute Gasteiger partial charge is 0.407 e.